The molecule has 9 rings (SSSR count). The number of thiophene rings is 1. The Hall–Kier alpha value is -6.23. The molecule has 0 aliphatic carbocycles. The molecule has 0 unspecified atom stereocenters. The van der Waals surface area contributed by atoms with Crippen LogP contribution in [0.4, 0.5) is 0 Å². The first-order chi connectivity index (χ1) is 24.3. The van der Waals surface area contributed by atoms with Crippen molar-refractivity contribution in [2.24, 2.45) is 0 Å². The summed E-state index contributed by atoms with van der Waals surface area (Å²) >= 11 is 1.83. The minimum atomic E-state index is 0.662. The molecule has 0 saturated carbocycles. The van der Waals surface area contributed by atoms with Gasteiger partial charge >= 0.3 is 0 Å². The third-order valence-electron chi connectivity index (χ3n) is 8.91. The van der Waals surface area contributed by atoms with E-state index in [1.165, 1.54) is 53.6 Å². The van der Waals surface area contributed by atoms with Crippen molar-refractivity contribution in [1.29, 1.82) is 0 Å². The Morgan fingerprint density at radius 2 is 0.776 bits per heavy atom. The second kappa shape index (κ2) is 12.4. The maximum Gasteiger partial charge on any atom is 0.164 e. The van der Waals surface area contributed by atoms with Crippen LogP contribution in [0.1, 0.15) is 0 Å². The molecular weight excluding hydrogens is 615 g/mol. The van der Waals surface area contributed by atoms with Gasteiger partial charge in [0.15, 0.2) is 17.5 Å². The van der Waals surface area contributed by atoms with Crippen LogP contribution in [0.2, 0.25) is 0 Å². The standard InChI is InChI=1S/C45H29N3S/c1-5-14-30(15-6-1)35-26-36(31-16-7-2-8-17-31)28-37(27-35)38-22-13-23-40-39-25-24-34(29-41(39)49-42(38)40)45-47-43(32-18-9-3-10-19-32)46-44(48-45)33-20-11-4-12-21-33/h1-29H. The Kier molecular flexibility index (Phi) is 7.34. The number of hydrogen-bond acceptors (Lipinski definition) is 4. The van der Waals surface area contributed by atoms with Gasteiger partial charge in [-0.15, -0.1) is 11.3 Å². The van der Waals surface area contributed by atoms with E-state index in [9.17, 15) is 0 Å². The zero-order valence-corrected chi connectivity index (χ0v) is 27.3. The average Bonchev–Trinajstić information content (AvgIpc) is 3.57. The lowest BCUT2D eigenvalue weighted by molar-refractivity contribution is 1.07. The van der Waals surface area contributed by atoms with Crippen LogP contribution >= 0.6 is 11.3 Å². The van der Waals surface area contributed by atoms with E-state index >= 15 is 0 Å². The van der Waals surface area contributed by atoms with Crippen LogP contribution < -0.4 is 0 Å². The van der Waals surface area contributed by atoms with Crippen molar-refractivity contribution < 1.29 is 0 Å². The van der Waals surface area contributed by atoms with Gasteiger partial charge in [0, 0.05) is 36.9 Å². The topological polar surface area (TPSA) is 38.7 Å². The van der Waals surface area contributed by atoms with Crippen LogP contribution in [-0.4, -0.2) is 15.0 Å². The number of fused-ring (bicyclic) bond motifs is 3. The zero-order valence-electron chi connectivity index (χ0n) is 26.5. The van der Waals surface area contributed by atoms with Gasteiger partial charge in [0.1, 0.15) is 0 Å². The van der Waals surface area contributed by atoms with Gasteiger partial charge in [0.2, 0.25) is 0 Å². The average molecular weight is 644 g/mol. The number of benzene rings is 7. The molecule has 0 aliphatic heterocycles. The van der Waals surface area contributed by atoms with Gasteiger partial charge in [-0.05, 0) is 57.6 Å². The minimum Gasteiger partial charge on any atom is -0.208 e. The predicted octanol–water partition coefficient (Wildman–Crippen LogP) is 12.2. The van der Waals surface area contributed by atoms with E-state index in [0.29, 0.717) is 17.5 Å². The maximum atomic E-state index is 4.98. The molecule has 3 nitrogen and oxygen atoms in total. The lowest BCUT2D eigenvalue weighted by Gasteiger charge is -2.12. The predicted molar refractivity (Wildman–Crippen MR) is 205 cm³/mol. The molecule has 0 atom stereocenters. The van der Waals surface area contributed by atoms with Crippen molar-refractivity contribution in [3.8, 4) is 67.5 Å². The van der Waals surface area contributed by atoms with Crippen molar-refractivity contribution in [1.82, 2.24) is 15.0 Å². The highest BCUT2D eigenvalue weighted by Crippen LogP contribution is 2.43. The molecule has 9 aromatic rings. The summed E-state index contributed by atoms with van der Waals surface area (Å²) in [6, 6.07) is 61.7. The van der Waals surface area contributed by atoms with Crippen LogP contribution in [0.5, 0.6) is 0 Å². The first-order valence-corrected chi connectivity index (χ1v) is 17.2. The minimum absolute atomic E-state index is 0.662. The Morgan fingerprint density at radius 1 is 0.306 bits per heavy atom. The van der Waals surface area contributed by atoms with Gasteiger partial charge in [-0.2, -0.15) is 0 Å². The molecule has 49 heavy (non-hydrogen) atoms. The summed E-state index contributed by atoms with van der Waals surface area (Å²) in [4.78, 5) is 14.8. The van der Waals surface area contributed by atoms with Crippen LogP contribution in [0.3, 0.4) is 0 Å². The van der Waals surface area contributed by atoms with E-state index in [4.69, 9.17) is 15.0 Å². The van der Waals surface area contributed by atoms with Gasteiger partial charge in [0.25, 0.3) is 0 Å². The van der Waals surface area contributed by atoms with Gasteiger partial charge < -0.3 is 0 Å². The molecule has 0 amide bonds. The fourth-order valence-electron chi connectivity index (χ4n) is 6.48. The molecular formula is C45H29N3S. The molecule has 0 N–H and O–H groups in total. The Bertz CT molecular complexity index is 2460. The fourth-order valence-corrected chi connectivity index (χ4v) is 7.76. The second-order valence-corrected chi connectivity index (χ2v) is 13.1. The van der Waals surface area contributed by atoms with Crippen molar-refractivity contribution in [2.45, 2.75) is 0 Å². The first-order valence-electron chi connectivity index (χ1n) is 16.4. The molecule has 2 aromatic heterocycles. The van der Waals surface area contributed by atoms with E-state index in [2.05, 4.69) is 115 Å². The molecule has 0 saturated heterocycles. The summed E-state index contributed by atoms with van der Waals surface area (Å²) < 4.78 is 2.47. The molecule has 230 valence electrons. The molecule has 7 aromatic carbocycles. The van der Waals surface area contributed by atoms with Gasteiger partial charge in [-0.25, -0.2) is 15.0 Å². The van der Waals surface area contributed by atoms with E-state index in [1.807, 2.05) is 72.0 Å². The largest absolute Gasteiger partial charge is 0.208 e. The summed E-state index contributed by atoms with van der Waals surface area (Å²) in [5, 5.41) is 2.48. The summed E-state index contributed by atoms with van der Waals surface area (Å²) in [5.74, 6) is 1.99. The third kappa shape index (κ3) is 5.58. The second-order valence-electron chi connectivity index (χ2n) is 12.1. The molecule has 0 fully saturated rings. The van der Waals surface area contributed by atoms with Crippen LogP contribution in [-0.2, 0) is 0 Å². The summed E-state index contributed by atoms with van der Waals surface area (Å²) in [7, 11) is 0. The smallest absolute Gasteiger partial charge is 0.164 e. The van der Waals surface area contributed by atoms with Crippen molar-refractivity contribution >= 4 is 31.5 Å². The molecule has 2 heterocycles. The molecule has 0 radical (unpaired) electrons. The third-order valence-corrected chi connectivity index (χ3v) is 10.1. The van der Waals surface area contributed by atoms with Crippen LogP contribution in [0.15, 0.2) is 176 Å². The number of nitrogens with zero attached hydrogens (tertiary/aromatic N) is 3. The highest BCUT2D eigenvalue weighted by Gasteiger charge is 2.16. The Balaban J connectivity index is 1.20. The van der Waals surface area contributed by atoms with Gasteiger partial charge in [-0.3, -0.25) is 0 Å². The van der Waals surface area contributed by atoms with Gasteiger partial charge in [0.05, 0.1) is 0 Å². The fraction of sp³-hybridized carbons (Fsp3) is 0. The zero-order chi connectivity index (χ0) is 32.6. The Morgan fingerprint density at radius 3 is 1.31 bits per heavy atom. The Labute approximate surface area is 288 Å². The SMILES string of the molecule is c1ccc(-c2cc(-c3ccccc3)cc(-c3cccc4c3sc3cc(-c5nc(-c6ccccc6)nc(-c6ccccc6)n5)ccc34)c2)cc1. The molecule has 0 spiro atoms. The van der Waals surface area contributed by atoms with E-state index in [-0.39, 0.29) is 0 Å². The monoisotopic (exact) mass is 643 g/mol. The summed E-state index contributed by atoms with van der Waals surface area (Å²) in [6.45, 7) is 0. The van der Waals surface area contributed by atoms with E-state index < -0.39 is 0 Å². The maximum absolute atomic E-state index is 4.98. The van der Waals surface area contributed by atoms with Crippen LogP contribution in [0, 0.1) is 0 Å². The highest BCUT2D eigenvalue weighted by atomic mass is 32.1. The summed E-state index contributed by atoms with van der Waals surface area (Å²) in [5.41, 5.74) is 10.1. The first kappa shape index (κ1) is 29.0. The lowest BCUT2D eigenvalue weighted by atomic mass is 9.93. The van der Waals surface area contributed by atoms with Crippen LogP contribution in [0.25, 0.3) is 87.7 Å². The normalized spacial score (nSPS) is 11.3. The number of hydrogen-bond donors (Lipinski definition) is 0. The van der Waals surface area contributed by atoms with Crippen molar-refractivity contribution in [2.75, 3.05) is 0 Å². The van der Waals surface area contributed by atoms with Crippen molar-refractivity contribution in [3.05, 3.63) is 176 Å². The lowest BCUT2D eigenvalue weighted by Crippen LogP contribution is -1.99. The van der Waals surface area contributed by atoms with E-state index in [1.54, 1.807) is 0 Å². The highest BCUT2D eigenvalue weighted by molar-refractivity contribution is 7.26. The molecule has 0 aliphatic rings. The quantitative estimate of drug-likeness (QED) is 0.181. The molecule has 0 bridgehead atoms. The van der Waals surface area contributed by atoms with Gasteiger partial charge in [-0.1, -0.05) is 152 Å². The number of aromatic nitrogens is 3. The molecule has 4 heteroatoms. The number of rotatable bonds is 6. The summed E-state index contributed by atoms with van der Waals surface area (Å²) in [6.07, 6.45) is 0. The van der Waals surface area contributed by atoms with Crippen molar-refractivity contribution in [3.63, 3.8) is 0 Å². The van der Waals surface area contributed by atoms with E-state index in [0.717, 1.165) is 16.7 Å².